The minimum Gasteiger partial charge on any atom is -0.390 e. The van der Waals surface area contributed by atoms with Crippen molar-refractivity contribution in [1.82, 2.24) is 0 Å². The van der Waals surface area contributed by atoms with Gasteiger partial charge in [-0.15, -0.1) is 12.3 Å². The van der Waals surface area contributed by atoms with Crippen LogP contribution in [0.15, 0.2) is 0 Å². The summed E-state index contributed by atoms with van der Waals surface area (Å²) in [5, 5.41) is 36.4. The minimum absolute atomic E-state index is 0.0851. The number of carbonyl (C=O) groups is 1. The fraction of sp³-hybridized carbons (Fsp3) is 0.667. The summed E-state index contributed by atoms with van der Waals surface area (Å²) in [6.07, 6.45) is -0.882. The smallest absolute Gasteiger partial charge is 0.151 e. The van der Waals surface area contributed by atoms with Gasteiger partial charge in [-0.2, -0.15) is 0 Å². The molecule has 0 radical (unpaired) electrons. The molecule has 0 spiro atoms. The molecule has 0 aliphatic carbocycles. The Morgan fingerprint density at radius 2 is 1.79 bits per heavy atom. The number of aliphatic hydroxyl groups excluding tert-OH is 4. The van der Waals surface area contributed by atoms with Crippen LogP contribution < -0.4 is 0 Å². The summed E-state index contributed by atoms with van der Waals surface area (Å²) in [5.41, 5.74) is 0. The monoisotopic (exact) mass is 202 g/mol. The summed E-state index contributed by atoms with van der Waals surface area (Å²) >= 11 is 0. The summed E-state index contributed by atoms with van der Waals surface area (Å²) in [6.45, 7) is 0. The van der Waals surface area contributed by atoms with E-state index in [1.165, 1.54) is 0 Å². The lowest BCUT2D eigenvalue weighted by Crippen LogP contribution is -2.45. The van der Waals surface area contributed by atoms with Gasteiger partial charge in [-0.1, -0.05) is 0 Å². The quantitative estimate of drug-likeness (QED) is 0.296. The summed E-state index contributed by atoms with van der Waals surface area (Å²) in [7, 11) is 0. The Bertz CT molecular complexity index is 210. The molecule has 0 amide bonds. The Morgan fingerprint density at radius 1 is 1.21 bits per heavy atom. The summed E-state index contributed by atoms with van der Waals surface area (Å²) < 4.78 is 0. The molecule has 0 saturated heterocycles. The number of hydrogen-bond donors (Lipinski definition) is 4. The lowest BCUT2D eigenvalue weighted by molar-refractivity contribution is -0.133. The lowest BCUT2D eigenvalue weighted by atomic mass is 10.0. The fourth-order valence-corrected chi connectivity index (χ4v) is 0.912. The van der Waals surface area contributed by atoms with Crippen LogP contribution >= 0.6 is 0 Å². The van der Waals surface area contributed by atoms with Gasteiger partial charge in [-0.3, -0.25) is 0 Å². The number of aliphatic hydroxyl groups is 4. The molecule has 0 aliphatic heterocycles. The average Bonchev–Trinajstić information content (AvgIpc) is 2.22. The second kappa shape index (κ2) is 6.51. The topological polar surface area (TPSA) is 98.0 Å². The molecule has 0 heterocycles. The molecule has 4 N–H and O–H groups in total. The second-order valence-electron chi connectivity index (χ2n) is 2.92. The Morgan fingerprint density at radius 3 is 2.21 bits per heavy atom. The Labute approximate surface area is 82.0 Å². The molecule has 0 aliphatic rings. The third kappa shape index (κ3) is 3.85. The van der Waals surface area contributed by atoms with Crippen molar-refractivity contribution in [2.45, 2.75) is 37.3 Å². The van der Waals surface area contributed by atoms with E-state index in [-0.39, 0.29) is 19.1 Å². The number of rotatable bonds is 6. The van der Waals surface area contributed by atoms with E-state index < -0.39 is 24.4 Å². The Kier molecular flexibility index (Phi) is 6.08. The molecule has 0 bridgehead atoms. The summed E-state index contributed by atoms with van der Waals surface area (Å²) in [5.74, 6) is 2.25. The number of terminal acetylenes is 1. The third-order valence-electron chi connectivity index (χ3n) is 1.82. The van der Waals surface area contributed by atoms with E-state index >= 15 is 0 Å². The van der Waals surface area contributed by atoms with Crippen LogP contribution in [0.2, 0.25) is 0 Å². The van der Waals surface area contributed by atoms with Crippen LogP contribution in [0.1, 0.15) is 12.8 Å². The highest BCUT2D eigenvalue weighted by Crippen LogP contribution is 2.08. The van der Waals surface area contributed by atoms with Crippen molar-refractivity contribution in [3.63, 3.8) is 0 Å². The van der Waals surface area contributed by atoms with Gasteiger partial charge >= 0.3 is 0 Å². The zero-order valence-corrected chi connectivity index (χ0v) is 7.58. The first-order valence-corrected chi connectivity index (χ1v) is 4.15. The molecule has 0 aromatic rings. The van der Waals surface area contributed by atoms with Gasteiger partial charge in [-0.05, 0) is 6.42 Å². The predicted octanol–water partition coefficient (Wildman–Crippen LogP) is -1.96. The fourth-order valence-electron chi connectivity index (χ4n) is 0.912. The van der Waals surface area contributed by atoms with Crippen LogP contribution in [0.25, 0.3) is 0 Å². The maximum absolute atomic E-state index is 10.1. The van der Waals surface area contributed by atoms with Crippen LogP contribution in [0, 0.1) is 12.3 Å². The van der Waals surface area contributed by atoms with Crippen molar-refractivity contribution >= 4 is 6.29 Å². The molecule has 4 atom stereocenters. The normalized spacial score (nSPS) is 19.1. The molecule has 0 aromatic heterocycles. The SMILES string of the molecule is C#CCC[C@@H](O)[C@H](O)[C@H](O)[C@@H](O)C=O. The number of hydrogen-bond acceptors (Lipinski definition) is 5. The van der Waals surface area contributed by atoms with E-state index in [2.05, 4.69) is 5.92 Å². The predicted molar refractivity (Wildman–Crippen MR) is 48.2 cm³/mol. The largest absolute Gasteiger partial charge is 0.390 e. The average molecular weight is 202 g/mol. The molecule has 0 aromatic carbocycles. The Balaban J connectivity index is 4.10. The third-order valence-corrected chi connectivity index (χ3v) is 1.82. The van der Waals surface area contributed by atoms with Gasteiger partial charge in [-0.25, -0.2) is 0 Å². The van der Waals surface area contributed by atoms with Crippen LogP contribution in [-0.2, 0) is 4.79 Å². The van der Waals surface area contributed by atoms with E-state index in [0.29, 0.717) is 0 Å². The molecule has 14 heavy (non-hydrogen) atoms. The lowest BCUT2D eigenvalue weighted by Gasteiger charge is -2.23. The van der Waals surface area contributed by atoms with Crippen molar-refractivity contribution in [2.75, 3.05) is 0 Å². The van der Waals surface area contributed by atoms with Gasteiger partial charge in [0, 0.05) is 6.42 Å². The van der Waals surface area contributed by atoms with Gasteiger partial charge in [0.15, 0.2) is 6.29 Å². The number of carbonyl (C=O) groups excluding carboxylic acids is 1. The molecular weight excluding hydrogens is 188 g/mol. The highest BCUT2D eigenvalue weighted by atomic mass is 16.4. The molecule has 5 heteroatoms. The molecule has 0 saturated carbocycles. The van der Waals surface area contributed by atoms with Crippen LogP contribution in [0.5, 0.6) is 0 Å². The van der Waals surface area contributed by atoms with Gasteiger partial charge in [0.2, 0.25) is 0 Å². The molecule has 5 nitrogen and oxygen atoms in total. The first-order chi connectivity index (χ1) is 6.54. The molecule has 0 rings (SSSR count). The van der Waals surface area contributed by atoms with Crippen LogP contribution in [0.4, 0.5) is 0 Å². The van der Waals surface area contributed by atoms with Crippen LogP contribution in [-0.4, -0.2) is 51.1 Å². The first-order valence-electron chi connectivity index (χ1n) is 4.15. The van der Waals surface area contributed by atoms with E-state index in [9.17, 15) is 15.0 Å². The molecular formula is C9H14O5. The standard InChI is InChI=1S/C9H14O5/c1-2-3-4-6(11)8(13)9(14)7(12)5-10/h1,5-9,11-14H,3-4H2/t6-,7+,8+,9-/m1/s1. The molecule has 0 unspecified atom stereocenters. The Hall–Kier alpha value is -0.930. The van der Waals surface area contributed by atoms with Crippen molar-refractivity contribution in [1.29, 1.82) is 0 Å². The first kappa shape index (κ1) is 13.1. The zero-order chi connectivity index (χ0) is 11.1. The highest BCUT2D eigenvalue weighted by Gasteiger charge is 2.29. The van der Waals surface area contributed by atoms with E-state index in [1.54, 1.807) is 0 Å². The minimum atomic E-state index is -1.70. The number of aldehydes is 1. The van der Waals surface area contributed by atoms with Crippen molar-refractivity contribution in [3.8, 4) is 12.3 Å². The summed E-state index contributed by atoms with van der Waals surface area (Å²) in [4.78, 5) is 10.1. The summed E-state index contributed by atoms with van der Waals surface area (Å²) in [6, 6.07) is 0. The van der Waals surface area contributed by atoms with Crippen molar-refractivity contribution in [2.24, 2.45) is 0 Å². The molecule has 80 valence electrons. The van der Waals surface area contributed by atoms with E-state index in [4.69, 9.17) is 16.6 Å². The van der Waals surface area contributed by atoms with Gasteiger partial charge < -0.3 is 25.2 Å². The van der Waals surface area contributed by atoms with E-state index in [1.807, 2.05) is 0 Å². The van der Waals surface area contributed by atoms with E-state index in [0.717, 1.165) is 0 Å². The zero-order valence-electron chi connectivity index (χ0n) is 7.58. The van der Waals surface area contributed by atoms with Crippen molar-refractivity contribution < 1.29 is 25.2 Å². The van der Waals surface area contributed by atoms with Gasteiger partial charge in [0.25, 0.3) is 0 Å². The highest BCUT2D eigenvalue weighted by molar-refractivity contribution is 5.56. The molecule has 0 fully saturated rings. The second-order valence-corrected chi connectivity index (χ2v) is 2.92. The maximum Gasteiger partial charge on any atom is 0.151 e. The maximum atomic E-state index is 10.1. The van der Waals surface area contributed by atoms with Crippen LogP contribution in [0.3, 0.4) is 0 Å². The van der Waals surface area contributed by atoms with Gasteiger partial charge in [0.05, 0.1) is 6.10 Å². The van der Waals surface area contributed by atoms with Crippen molar-refractivity contribution in [3.05, 3.63) is 0 Å². The van der Waals surface area contributed by atoms with Gasteiger partial charge in [0.1, 0.15) is 18.3 Å².